The minimum Gasteiger partial charge on any atom is -0.393 e. The third-order valence-corrected chi connectivity index (χ3v) is 3.44. The molecule has 0 aromatic carbocycles. The molecule has 1 aliphatic carbocycles. The van der Waals surface area contributed by atoms with E-state index in [-0.39, 0.29) is 23.1 Å². The summed E-state index contributed by atoms with van der Waals surface area (Å²) in [5.41, 5.74) is 1.05. The molecule has 3 rings (SSSR count). The van der Waals surface area contributed by atoms with Crippen LogP contribution in [0.5, 0.6) is 0 Å². The number of imidazole rings is 1. The highest BCUT2D eigenvalue weighted by Crippen LogP contribution is 2.32. The molecule has 0 amide bonds. The number of aliphatic hydroxyl groups excluding tert-OH is 1. The number of nitrogens with zero attached hydrogens (tertiary/aromatic N) is 4. The average molecular weight is 255 g/mol. The summed E-state index contributed by atoms with van der Waals surface area (Å²) in [4.78, 5) is 20.0. The first-order valence-electron chi connectivity index (χ1n) is 5.35. The molecule has 17 heavy (non-hydrogen) atoms. The highest BCUT2D eigenvalue weighted by Gasteiger charge is 2.32. The van der Waals surface area contributed by atoms with Crippen molar-refractivity contribution in [2.24, 2.45) is 7.05 Å². The van der Waals surface area contributed by atoms with E-state index in [0.29, 0.717) is 24.0 Å². The van der Waals surface area contributed by atoms with Crippen LogP contribution < -0.4 is 5.69 Å². The Balaban J connectivity index is 2.25. The van der Waals surface area contributed by atoms with Gasteiger partial charge in [0.1, 0.15) is 5.52 Å². The largest absolute Gasteiger partial charge is 0.393 e. The van der Waals surface area contributed by atoms with Gasteiger partial charge in [0.25, 0.3) is 0 Å². The van der Waals surface area contributed by atoms with E-state index in [4.69, 9.17) is 11.6 Å². The molecule has 0 bridgehead atoms. The zero-order valence-electron chi connectivity index (χ0n) is 9.17. The van der Waals surface area contributed by atoms with Gasteiger partial charge in [0, 0.05) is 13.1 Å². The molecule has 6 nitrogen and oxygen atoms in total. The van der Waals surface area contributed by atoms with E-state index in [1.54, 1.807) is 11.6 Å². The number of rotatable bonds is 1. The van der Waals surface area contributed by atoms with Crippen molar-refractivity contribution in [1.82, 2.24) is 19.1 Å². The number of aliphatic hydroxyl groups is 1. The molecule has 1 aliphatic rings. The minimum absolute atomic E-state index is 0.00664. The Morgan fingerprint density at radius 2 is 2.24 bits per heavy atom. The third-order valence-electron chi connectivity index (χ3n) is 3.26. The summed E-state index contributed by atoms with van der Waals surface area (Å²) >= 11 is 5.75. The molecular formula is C10H11ClN4O2. The predicted octanol–water partition coefficient (Wildman–Crippen LogP) is 0.479. The maximum atomic E-state index is 12.1. The summed E-state index contributed by atoms with van der Waals surface area (Å²) in [7, 11) is 1.67. The van der Waals surface area contributed by atoms with Gasteiger partial charge >= 0.3 is 5.69 Å². The normalized spacial score (nSPS) is 23.9. The first kappa shape index (κ1) is 10.7. The summed E-state index contributed by atoms with van der Waals surface area (Å²) < 4.78 is 3.09. The van der Waals surface area contributed by atoms with Crippen LogP contribution in [0.3, 0.4) is 0 Å². The van der Waals surface area contributed by atoms with Gasteiger partial charge in [-0.3, -0.25) is 9.13 Å². The van der Waals surface area contributed by atoms with Gasteiger partial charge in [-0.05, 0) is 24.4 Å². The molecule has 2 heterocycles. The maximum absolute atomic E-state index is 12.1. The monoisotopic (exact) mass is 254 g/mol. The van der Waals surface area contributed by atoms with E-state index in [1.807, 2.05) is 0 Å². The standard InChI is InChI=1S/C10H11ClN4O2/c1-14-7-4-12-9(11)13-8(7)15(10(14)17)5-2-6(16)3-5/h4-6,16H,2-3H2,1H3/t5-,6+. The van der Waals surface area contributed by atoms with Crippen LogP contribution in [0.4, 0.5) is 0 Å². The van der Waals surface area contributed by atoms with Crippen LogP contribution in [0.2, 0.25) is 5.28 Å². The molecular weight excluding hydrogens is 244 g/mol. The van der Waals surface area contributed by atoms with Crippen molar-refractivity contribution in [3.8, 4) is 0 Å². The third kappa shape index (κ3) is 1.48. The van der Waals surface area contributed by atoms with E-state index in [2.05, 4.69) is 9.97 Å². The maximum Gasteiger partial charge on any atom is 0.330 e. The van der Waals surface area contributed by atoms with Gasteiger partial charge < -0.3 is 5.11 Å². The zero-order valence-corrected chi connectivity index (χ0v) is 9.92. The molecule has 0 aliphatic heterocycles. The Morgan fingerprint density at radius 1 is 1.53 bits per heavy atom. The Kier molecular flexibility index (Phi) is 2.24. The molecule has 0 atom stereocenters. The lowest BCUT2D eigenvalue weighted by molar-refractivity contribution is 0.0484. The molecule has 0 radical (unpaired) electrons. The van der Waals surface area contributed by atoms with Crippen LogP contribution in [0, 0.1) is 0 Å². The van der Waals surface area contributed by atoms with Crippen molar-refractivity contribution >= 4 is 22.8 Å². The highest BCUT2D eigenvalue weighted by molar-refractivity contribution is 6.28. The first-order valence-corrected chi connectivity index (χ1v) is 5.73. The number of aromatic nitrogens is 4. The summed E-state index contributed by atoms with van der Waals surface area (Å²) in [6.07, 6.45) is 2.39. The lowest BCUT2D eigenvalue weighted by Gasteiger charge is -2.31. The van der Waals surface area contributed by atoms with E-state index in [0.717, 1.165) is 0 Å². The number of hydrogen-bond donors (Lipinski definition) is 1. The second-order valence-corrected chi connectivity index (χ2v) is 4.68. The molecule has 2 aromatic heterocycles. The van der Waals surface area contributed by atoms with Gasteiger partial charge in [-0.25, -0.2) is 9.78 Å². The molecule has 1 fully saturated rings. The molecule has 0 spiro atoms. The predicted molar refractivity (Wildman–Crippen MR) is 62.1 cm³/mol. The van der Waals surface area contributed by atoms with Gasteiger partial charge in [0.2, 0.25) is 5.28 Å². The highest BCUT2D eigenvalue weighted by atomic mass is 35.5. The fourth-order valence-corrected chi connectivity index (χ4v) is 2.34. The van der Waals surface area contributed by atoms with Crippen molar-refractivity contribution < 1.29 is 5.11 Å². The molecule has 0 saturated heterocycles. The Morgan fingerprint density at radius 3 is 2.88 bits per heavy atom. The van der Waals surface area contributed by atoms with Crippen LogP contribution in [0.25, 0.3) is 11.2 Å². The SMILES string of the molecule is Cn1c(=O)n([C@H]2C[C@@H](O)C2)c2nc(Cl)ncc21. The number of hydrogen-bond acceptors (Lipinski definition) is 4. The van der Waals surface area contributed by atoms with Crippen LogP contribution >= 0.6 is 11.6 Å². The second kappa shape index (κ2) is 3.54. The lowest BCUT2D eigenvalue weighted by atomic mass is 9.89. The summed E-state index contributed by atoms with van der Waals surface area (Å²) in [5, 5.41) is 9.44. The van der Waals surface area contributed by atoms with E-state index in [9.17, 15) is 9.90 Å². The van der Waals surface area contributed by atoms with Gasteiger partial charge in [0.15, 0.2) is 5.65 Å². The molecule has 2 aromatic rings. The van der Waals surface area contributed by atoms with Crippen LogP contribution in [-0.4, -0.2) is 30.3 Å². The molecule has 1 saturated carbocycles. The summed E-state index contributed by atoms with van der Waals surface area (Å²) in [5.74, 6) is 0. The summed E-state index contributed by atoms with van der Waals surface area (Å²) in [6.45, 7) is 0. The fraction of sp³-hybridized carbons (Fsp3) is 0.500. The Hall–Kier alpha value is -1.40. The topological polar surface area (TPSA) is 72.9 Å². The van der Waals surface area contributed by atoms with Crippen LogP contribution in [0.1, 0.15) is 18.9 Å². The fourth-order valence-electron chi connectivity index (χ4n) is 2.21. The first-order chi connectivity index (χ1) is 8.08. The average Bonchev–Trinajstić information content (AvgIpc) is 2.48. The van der Waals surface area contributed by atoms with Crippen molar-refractivity contribution in [1.29, 1.82) is 0 Å². The van der Waals surface area contributed by atoms with Gasteiger partial charge in [-0.2, -0.15) is 4.98 Å². The van der Waals surface area contributed by atoms with Crippen LogP contribution in [-0.2, 0) is 7.05 Å². The molecule has 90 valence electrons. The number of aryl methyl sites for hydroxylation is 1. The van der Waals surface area contributed by atoms with Crippen LogP contribution in [0.15, 0.2) is 11.0 Å². The van der Waals surface area contributed by atoms with Gasteiger partial charge in [0.05, 0.1) is 12.3 Å². The lowest BCUT2D eigenvalue weighted by Crippen LogP contribution is -2.36. The Labute approximate surface area is 101 Å². The molecule has 7 heteroatoms. The van der Waals surface area contributed by atoms with Crippen molar-refractivity contribution in [3.05, 3.63) is 22.0 Å². The minimum atomic E-state index is -0.320. The number of fused-ring (bicyclic) bond motifs is 1. The smallest absolute Gasteiger partial charge is 0.330 e. The number of halogens is 1. The Bertz CT molecular complexity index is 642. The van der Waals surface area contributed by atoms with Gasteiger partial charge in [-0.1, -0.05) is 0 Å². The summed E-state index contributed by atoms with van der Waals surface area (Å²) in [6, 6.07) is 0.00664. The van der Waals surface area contributed by atoms with Crippen molar-refractivity contribution in [2.75, 3.05) is 0 Å². The quantitative estimate of drug-likeness (QED) is 0.752. The van der Waals surface area contributed by atoms with Gasteiger partial charge in [-0.15, -0.1) is 0 Å². The molecule has 0 unspecified atom stereocenters. The van der Waals surface area contributed by atoms with E-state index in [1.165, 1.54) is 10.8 Å². The van der Waals surface area contributed by atoms with E-state index < -0.39 is 0 Å². The van der Waals surface area contributed by atoms with Crippen molar-refractivity contribution in [2.45, 2.75) is 25.0 Å². The van der Waals surface area contributed by atoms with E-state index >= 15 is 0 Å². The molecule has 1 N–H and O–H groups in total. The van der Waals surface area contributed by atoms with Crippen molar-refractivity contribution in [3.63, 3.8) is 0 Å². The zero-order chi connectivity index (χ0) is 12.2. The second-order valence-electron chi connectivity index (χ2n) is 4.34.